The van der Waals surface area contributed by atoms with Crippen molar-refractivity contribution < 1.29 is 17.6 Å². The van der Waals surface area contributed by atoms with Gasteiger partial charge in [-0.2, -0.15) is 0 Å². The molecule has 30 heavy (non-hydrogen) atoms. The Morgan fingerprint density at radius 2 is 1.97 bits per heavy atom. The summed E-state index contributed by atoms with van der Waals surface area (Å²) >= 11 is 7.13. The van der Waals surface area contributed by atoms with Crippen molar-refractivity contribution in [3.63, 3.8) is 0 Å². The molecule has 0 fully saturated rings. The molecule has 0 aliphatic rings. The molecule has 0 aliphatic carbocycles. The number of sulfonamides is 1. The Balaban J connectivity index is 1.59. The third kappa shape index (κ3) is 5.36. The predicted octanol–water partition coefficient (Wildman–Crippen LogP) is 2.75. The first-order valence-corrected chi connectivity index (χ1v) is 11.3. The third-order valence-electron chi connectivity index (χ3n) is 3.99. The highest BCUT2D eigenvalue weighted by Gasteiger charge is 2.16. The van der Waals surface area contributed by atoms with E-state index in [1.54, 1.807) is 0 Å². The fraction of sp³-hybridized carbons (Fsp3) is 0.222. The van der Waals surface area contributed by atoms with Crippen molar-refractivity contribution in [3.05, 3.63) is 68.4 Å². The molecule has 0 spiro atoms. The topological polar surface area (TPSA) is 114 Å². The van der Waals surface area contributed by atoms with Crippen molar-refractivity contribution in [1.82, 2.24) is 25.0 Å². The molecule has 0 saturated heterocycles. The van der Waals surface area contributed by atoms with Crippen LogP contribution < -0.4 is 10.0 Å². The molecule has 3 aromatic rings. The maximum atomic E-state index is 13.2. The minimum Gasteiger partial charge on any atom is -0.346 e. The van der Waals surface area contributed by atoms with E-state index in [4.69, 9.17) is 11.6 Å². The number of nitrogens with one attached hydrogen (secondary N) is 2. The summed E-state index contributed by atoms with van der Waals surface area (Å²) in [5.74, 6) is -1.11. The highest BCUT2D eigenvalue weighted by Crippen LogP contribution is 2.19. The molecule has 0 unspecified atom stereocenters. The van der Waals surface area contributed by atoms with Gasteiger partial charge in [-0.1, -0.05) is 11.6 Å². The smallest absolute Gasteiger partial charge is 0.271 e. The number of halogens is 2. The van der Waals surface area contributed by atoms with Crippen LogP contribution in [-0.2, 0) is 23.1 Å². The molecule has 2 N–H and O–H groups in total. The van der Waals surface area contributed by atoms with Gasteiger partial charge in [0.05, 0.1) is 51.8 Å². The summed E-state index contributed by atoms with van der Waals surface area (Å²) in [5.41, 5.74) is 1.28. The van der Waals surface area contributed by atoms with E-state index in [1.807, 2.05) is 13.8 Å². The van der Waals surface area contributed by atoms with Crippen molar-refractivity contribution in [1.29, 1.82) is 0 Å². The van der Waals surface area contributed by atoms with Gasteiger partial charge < -0.3 is 5.32 Å². The van der Waals surface area contributed by atoms with Crippen LogP contribution in [0.2, 0.25) is 5.02 Å². The highest BCUT2D eigenvalue weighted by molar-refractivity contribution is 7.89. The zero-order valence-electron chi connectivity index (χ0n) is 15.9. The first kappa shape index (κ1) is 22.2. The number of amides is 1. The molecular weight excluding hydrogens is 453 g/mol. The van der Waals surface area contributed by atoms with Gasteiger partial charge in [0.2, 0.25) is 10.0 Å². The van der Waals surface area contributed by atoms with Crippen LogP contribution >= 0.6 is 22.9 Å². The second-order valence-corrected chi connectivity index (χ2v) is 9.68. The van der Waals surface area contributed by atoms with Crippen molar-refractivity contribution in [2.45, 2.75) is 31.8 Å². The Hall–Kier alpha value is -2.47. The average molecular weight is 470 g/mol. The molecule has 2 aromatic heterocycles. The van der Waals surface area contributed by atoms with Gasteiger partial charge >= 0.3 is 0 Å². The summed E-state index contributed by atoms with van der Waals surface area (Å²) in [4.78, 5) is 25.4. The number of benzene rings is 1. The van der Waals surface area contributed by atoms with Crippen LogP contribution in [0.15, 0.2) is 35.5 Å². The number of carbonyl (C=O) groups is 1. The standard InChI is InChI=1S/C18H17ClFN5O3S2/c1-10-17(29-11(2)25-10)9-23-18(26)16-8-21-12(6-22-16)7-24-30(27,28)13-3-4-15(20)14(19)5-13/h3-6,8,24H,7,9H2,1-2H3,(H,23,26). The number of nitrogens with zero attached hydrogens (tertiary/aromatic N) is 3. The third-order valence-corrected chi connectivity index (χ3v) is 6.75. The molecule has 0 saturated carbocycles. The number of thiazole rings is 1. The lowest BCUT2D eigenvalue weighted by molar-refractivity contribution is 0.0945. The molecule has 2 heterocycles. The van der Waals surface area contributed by atoms with E-state index in [-0.39, 0.29) is 22.2 Å². The van der Waals surface area contributed by atoms with Crippen molar-refractivity contribution in [2.24, 2.45) is 0 Å². The zero-order valence-corrected chi connectivity index (χ0v) is 18.3. The van der Waals surface area contributed by atoms with Gasteiger partial charge in [-0.3, -0.25) is 9.78 Å². The number of aryl methyl sites for hydroxylation is 2. The van der Waals surface area contributed by atoms with Gasteiger partial charge in [0.1, 0.15) is 11.5 Å². The molecule has 1 aromatic carbocycles. The van der Waals surface area contributed by atoms with Crippen molar-refractivity contribution >= 4 is 38.9 Å². The number of hydrogen-bond acceptors (Lipinski definition) is 7. The molecule has 0 aliphatic heterocycles. The van der Waals surface area contributed by atoms with Gasteiger partial charge in [0, 0.05) is 4.88 Å². The quantitative estimate of drug-likeness (QED) is 0.550. The second kappa shape index (κ2) is 9.13. The van der Waals surface area contributed by atoms with Gasteiger partial charge in [-0.15, -0.1) is 11.3 Å². The molecule has 0 radical (unpaired) electrons. The Kier molecular flexibility index (Phi) is 6.76. The Morgan fingerprint density at radius 3 is 2.57 bits per heavy atom. The average Bonchev–Trinajstić information content (AvgIpc) is 3.04. The molecule has 3 rings (SSSR count). The van der Waals surface area contributed by atoms with Crippen LogP contribution in [0.3, 0.4) is 0 Å². The van der Waals surface area contributed by atoms with Crippen LogP contribution in [0.5, 0.6) is 0 Å². The summed E-state index contributed by atoms with van der Waals surface area (Å²) in [5, 5.41) is 3.38. The molecule has 1 amide bonds. The monoisotopic (exact) mass is 469 g/mol. The van der Waals surface area contributed by atoms with E-state index in [0.717, 1.165) is 33.8 Å². The van der Waals surface area contributed by atoms with E-state index >= 15 is 0 Å². The largest absolute Gasteiger partial charge is 0.346 e. The van der Waals surface area contributed by atoms with Gasteiger partial charge in [0.15, 0.2) is 0 Å². The second-order valence-electron chi connectivity index (χ2n) is 6.22. The predicted molar refractivity (Wildman–Crippen MR) is 110 cm³/mol. The number of aromatic nitrogens is 3. The van der Waals surface area contributed by atoms with Gasteiger partial charge in [-0.05, 0) is 32.0 Å². The van der Waals surface area contributed by atoms with Crippen molar-refractivity contribution in [3.8, 4) is 0 Å². The highest BCUT2D eigenvalue weighted by atomic mass is 35.5. The molecule has 0 bridgehead atoms. The van der Waals surface area contributed by atoms with E-state index in [0.29, 0.717) is 12.2 Å². The molecule has 12 heteroatoms. The summed E-state index contributed by atoms with van der Waals surface area (Å²) in [6.45, 7) is 3.94. The molecule has 8 nitrogen and oxygen atoms in total. The zero-order chi connectivity index (χ0) is 21.9. The minimum absolute atomic E-state index is 0.103. The fourth-order valence-electron chi connectivity index (χ4n) is 2.45. The van der Waals surface area contributed by atoms with E-state index < -0.39 is 21.7 Å². The maximum Gasteiger partial charge on any atom is 0.271 e. The molecule has 158 valence electrons. The van der Waals surface area contributed by atoms with Crippen molar-refractivity contribution in [2.75, 3.05) is 0 Å². The molecule has 0 atom stereocenters. The lowest BCUT2D eigenvalue weighted by Crippen LogP contribution is -2.25. The summed E-state index contributed by atoms with van der Waals surface area (Å²) in [6, 6.07) is 3.10. The Morgan fingerprint density at radius 1 is 1.20 bits per heavy atom. The van der Waals surface area contributed by atoms with E-state index in [2.05, 4.69) is 25.0 Å². The van der Waals surface area contributed by atoms with Crippen LogP contribution in [0, 0.1) is 19.7 Å². The van der Waals surface area contributed by atoms with Crippen LogP contribution in [-0.4, -0.2) is 29.3 Å². The fourth-order valence-corrected chi connectivity index (χ4v) is 4.60. The molecular formula is C18H17ClFN5O3S2. The summed E-state index contributed by atoms with van der Waals surface area (Å²) < 4.78 is 40.1. The normalized spacial score (nSPS) is 11.5. The first-order valence-electron chi connectivity index (χ1n) is 8.62. The summed E-state index contributed by atoms with van der Waals surface area (Å²) in [7, 11) is -3.92. The minimum atomic E-state index is -3.92. The number of rotatable bonds is 7. The van der Waals surface area contributed by atoms with Gasteiger partial charge in [-0.25, -0.2) is 27.5 Å². The van der Waals surface area contributed by atoms with E-state index in [9.17, 15) is 17.6 Å². The van der Waals surface area contributed by atoms with Gasteiger partial charge in [0.25, 0.3) is 5.91 Å². The van der Waals surface area contributed by atoms with Crippen LogP contribution in [0.25, 0.3) is 0 Å². The van der Waals surface area contributed by atoms with Crippen LogP contribution in [0.4, 0.5) is 4.39 Å². The van der Waals surface area contributed by atoms with E-state index in [1.165, 1.54) is 23.7 Å². The lowest BCUT2D eigenvalue weighted by atomic mass is 10.3. The lowest BCUT2D eigenvalue weighted by Gasteiger charge is -2.08. The summed E-state index contributed by atoms with van der Waals surface area (Å²) in [6.07, 6.45) is 2.57. The first-order chi connectivity index (χ1) is 14.2. The van der Waals surface area contributed by atoms with Crippen LogP contribution in [0.1, 0.15) is 31.8 Å². The Bertz CT molecular complexity index is 1180. The SMILES string of the molecule is Cc1nc(C)c(CNC(=O)c2cnc(CNS(=O)(=O)c3ccc(F)c(Cl)c3)cn2)s1. The number of carbonyl (C=O) groups excluding carboxylic acids is 1. The maximum absolute atomic E-state index is 13.2. The number of hydrogen-bond donors (Lipinski definition) is 2. The Labute approximate surface area is 181 Å².